The lowest BCUT2D eigenvalue weighted by Gasteiger charge is -2.40. The van der Waals surface area contributed by atoms with Crippen LogP contribution in [0.2, 0.25) is 0 Å². The molecule has 7 heteroatoms. The first-order valence-electron chi connectivity index (χ1n) is 7.03. The molecule has 0 aromatic carbocycles. The number of carbonyl (C=O) groups is 1. The Hall–Kier alpha value is -1.79. The second-order valence-corrected chi connectivity index (χ2v) is 6.63. The van der Waals surface area contributed by atoms with E-state index in [1.807, 2.05) is 20.8 Å². The van der Waals surface area contributed by atoms with E-state index in [9.17, 15) is 18.0 Å². The fourth-order valence-corrected chi connectivity index (χ4v) is 2.14. The van der Waals surface area contributed by atoms with Crippen LogP contribution in [0.25, 0.3) is 0 Å². The fraction of sp³-hybridized carbons (Fsp3) is 0.600. The van der Waals surface area contributed by atoms with Gasteiger partial charge in [0, 0.05) is 12.6 Å². The van der Waals surface area contributed by atoms with E-state index < -0.39 is 23.7 Å². The van der Waals surface area contributed by atoms with Gasteiger partial charge in [0.2, 0.25) is 11.8 Å². The zero-order valence-corrected chi connectivity index (χ0v) is 12.8. The highest BCUT2D eigenvalue weighted by atomic mass is 19.4. The van der Waals surface area contributed by atoms with Gasteiger partial charge in [0.1, 0.15) is 11.7 Å². The predicted molar refractivity (Wildman–Crippen MR) is 74.3 cm³/mol. The van der Waals surface area contributed by atoms with Gasteiger partial charge in [-0.1, -0.05) is 20.8 Å². The van der Waals surface area contributed by atoms with Gasteiger partial charge in [0.25, 0.3) is 0 Å². The van der Waals surface area contributed by atoms with Crippen LogP contribution in [-0.4, -0.2) is 35.0 Å². The lowest BCUT2D eigenvalue weighted by Crippen LogP contribution is -2.56. The minimum absolute atomic E-state index is 0.00980. The molecule has 1 aliphatic rings. The molecule has 0 atom stereocenters. The molecule has 1 saturated heterocycles. The van der Waals surface area contributed by atoms with Crippen LogP contribution in [0.4, 0.5) is 13.2 Å². The van der Waals surface area contributed by atoms with Gasteiger partial charge >= 0.3 is 6.18 Å². The molecule has 22 heavy (non-hydrogen) atoms. The summed E-state index contributed by atoms with van der Waals surface area (Å²) in [5.41, 5.74) is -1.01. The van der Waals surface area contributed by atoms with Crippen molar-refractivity contribution >= 4 is 5.91 Å². The second-order valence-electron chi connectivity index (χ2n) is 6.63. The monoisotopic (exact) mass is 316 g/mol. The summed E-state index contributed by atoms with van der Waals surface area (Å²) < 4.78 is 43.8. The van der Waals surface area contributed by atoms with Gasteiger partial charge in [0.15, 0.2) is 0 Å². The minimum Gasteiger partial charge on any atom is -0.470 e. The summed E-state index contributed by atoms with van der Waals surface area (Å²) in [5.74, 6) is -0.438. The van der Waals surface area contributed by atoms with E-state index in [4.69, 9.17) is 4.74 Å². The molecule has 1 aliphatic heterocycles. The molecule has 1 fully saturated rings. The molecule has 0 spiro atoms. The zero-order chi connectivity index (χ0) is 16.5. The second kappa shape index (κ2) is 5.78. The van der Waals surface area contributed by atoms with Gasteiger partial charge in [0.05, 0.1) is 13.1 Å². The highest BCUT2D eigenvalue weighted by Gasteiger charge is 2.38. The van der Waals surface area contributed by atoms with Crippen molar-refractivity contribution in [1.29, 1.82) is 0 Å². The third-order valence-electron chi connectivity index (χ3n) is 3.24. The van der Waals surface area contributed by atoms with E-state index >= 15 is 0 Å². The summed E-state index contributed by atoms with van der Waals surface area (Å²) in [5, 5.41) is 0. The number of nitrogens with zero attached hydrogens (tertiary/aromatic N) is 2. The summed E-state index contributed by atoms with van der Waals surface area (Å²) in [6.45, 7) is 6.47. The molecule has 122 valence electrons. The number of halogens is 3. The Bertz CT molecular complexity index is 546. The molecule has 0 radical (unpaired) electrons. The number of aromatic nitrogens is 1. The van der Waals surface area contributed by atoms with Crippen LogP contribution >= 0.6 is 0 Å². The molecular formula is C15H19F3N2O2. The molecule has 0 N–H and O–H groups in total. The Morgan fingerprint density at radius 3 is 2.55 bits per heavy atom. The summed E-state index contributed by atoms with van der Waals surface area (Å²) >= 11 is 0. The van der Waals surface area contributed by atoms with Gasteiger partial charge < -0.3 is 9.64 Å². The van der Waals surface area contributed by atoms with Crippen molar-refractivity contribution in [3.05, 3.63) is 23.9 Å². The Kier molecular flexibility index (Phi) is 4.35. The zero-order valence-electron chi connectivity index (χ0n) is 12.8. The van der Waals surface area contributed by atoms with Crippen LogP contribution in [0.5, 0.6) is 5.88 Å². The average molecular weight is 316 g/mol. The number of ether oxygens (including phenoxy) is 1. The van der Waals surface area contributed by atoms with E-state index in [0.717, 1.165) is 6.07 Å². The molecule has 0 bridgehead atoms. The Balaban J connectivity index is 1.93. The minimum atomic E-state index is -4.50. The Morgan fingerprint density at radius 2 is 2.00 bits per heavy atom. The van der Waals surface area contributed by atoms with Crippen LogP contribution in [0, 0.1) is 5.41 Å². The first-order valence-corrected chi connectivity index (χ1v) is 7.03. The lowest BCUT2D eigenvalue weighted by molar-refractivity contribution is -0.146. The smallest absolute Gasteiger partial charge is 0.421 e. The summed E-state index contributed by atoms with van der Waals surface area (Å²) in [6.07, 6.45) is -3.29. The van der Waals surface area contributed by atoms with Crippen molar-refractivity contribution in [3.63, 3.8) is 0 Å². The quantitative estimate of drug-likeness (QED) is 0.860. The third-order valence-corrected chi connectivity index (χ3v) is 3.24. The van der Waals surface area contributed by atoms with E-state index in [0.29, 0.717) is 19.5 Å². The van der Waals surface area contributed by atoms with Crippen LogP contribution in [0.15, 0.2) is 18.3 Å². The highest BCUT2D eigenvalue weighted by molar-refractivity contribution is 5.77. The summed E-state index contributed by atoms with van der Waals surface area (Å²) in [4.78, 5) is 17.2. The Morgan fingerprint density at radius 1 is 1.36 bits per heavy atom. The van der Waals surface area contributed by atoms with Crippen molar-refractivity contribution in [2.45, 2.75) is 39.5 Å². The number of hydrogen-bond donors (Lipinski definition) is 0. The fourth-order valence-electron chi connectivity index (χ4n) is 2.14. The van der Waals surface area contributed by atoms with Crippen molar-refractivity contribution in [2.75, 3.05) is 13.1 Å². The van der Waals surface area contributed by atoms with Gasteiger partial charge in [-0.3, -0.25) is 4.79 Å². The molecule has 2 rings (SSSR count). The third kappa shape index (κ3) is 4.11. The van der Waals surface area contributed by atoms with Crippen LogP contribution in [0.1, 0.15) is 32.8 Å². The predicted octanol–water partition coefficient (Wildman–Crippen LogP) is 3.13. The topological polar surface area (TPSA) is 42.4 Å². The molecule has 0 saturated carbocycles. The Labute approximate surface area is 127 Å². The molecule has 1 aromatic rings. The molecule has 0 aliphatic carbocycles. The van der Waals surface area contributed by atoms with E-state index in [1.165, 1.54) is 12.3 Å². The first-order chi connectivity index (χ1) is 10.1. The molecule has 1 amide bonds. The summed E-state index contributed by atoms with van der Waals surface area (Å²) in [7, 11) is 0. The van der Waals surface area contributed by atoms with Crippen LogP contribution in [-0.2, 0) is 11.0 Å². The maximum atomic E-state index is 12.8. The van der Waals surface area contributed by atoms with Gasteiger partial charge in [-0.2, -0.15) is 13.2 Å². The largest absolute Gasteiger partial charge is 0.470 e. The van der Waals surface area contributed by atoms with Crippen LogP contribution < -0.4 is 4.74 Å². The lowest BCUT2D eigenvalue weighted by atomic mass is 9.91. The normalized spacial score (nSPS) is 16.4. The number of alkyl halides is 3. The van der Waals surface area contributed by atoms with E-state index in [1.54, 1.807) is 4.90 Å². The maximum Gasteiger partial charge on any atom is 0.421 e. The molecule has 1 aromatic heterocycles. The van der Waals surface area contributed by atoms with Gasteiger partial charge in [-0.25, -0.2) is 4.98 Å². The SMILES string of the molecule is CC(C)(C)CC(=O)N1CC(Oc2ncccc2C(F)(F)F)C1. The van der Waals surface area contributed by atoms with Crippen molar-refractivity contribution in [1.82, 2.24) is 9.88 Å². The average Bonchev–Trinajstić information content (AvgIpc) is 2.30. The maximum absolute atomic E-state index is 12.8. The first kappa shape index (κ1) is 16.6. The van der Waals surface area contributed by atoms with Crippen molar-refractivity contribution < 1.29 is 22.7 Å². The molecule has 0 unspecified atom stereocenters. The number of amides is 1. The number of carbonyl (C=O) groups excluding carboxylic acids is 1. The molecule has 2 heterocycles. The summed E-state index contributed by atoms with van der Waals surface area (Å²) in [6, 6.07) is 2.15. The number of rotatable bonds is 3. The van der Waals surface area contributed by atoms with Gasteiger partial charge in [-0.15, -0.1) is 0 Å². The highest BCUT2D eigenvalue weighted by Crippen LogP contribution is 2.35. The molecule has 4 nitrogen and oxygen atoms in total. The van der Waals surface area contributed by atoms with E-state index in [-0.39, 0.29) is 11.3 Å². The number of likely N-dealkylation sites (tertiary alicyclic amines) is 1. The van der Waals surface area contributed by atoms with Crippen molar-refractivity contribution in [3.8, 4) is 5.88 Å². The van der Waals surface area contributed by atoms with Crippen molar-refractivity contribution in [2.24, 2.45) is 5.41 Å². The standard InChI is InChI=1S/C15H19F3N2O2/c1-14(2,3)7-12(21)20-8-10(9-20)22-13-11(15(16,17)18)5-4-6-19-13/h4-6,10H,7-9H2,1-3H3. The van der Waals surface area contributed by atoms with E-state index in [2.05, 4.69) is 4.98 Å². The number of hydrogen-bond acceptors (Lipinski definition) is 3. The van der Waals surface area contributed by atoms with Crippen LogP contribution in [0.3, 0.4) is 0 Å². The molecular weight excluding hydrogens is 297 g/mol. The van der Waals surface area contributed by atoms with Gasteiger partial charge in [-0.05, 0) is 17.5 Å². The number of pyridine rings is 1.